The van der Waals surface area contributed by atoms with Crippen LogP contribution in [0.1, 0.15) is 13.3 Å². The Morgan fingerprint density at radius 3 is 2.70 bits per heavy atom. The van der Waals surface area contributed by atoms with Crippen LogP contribution >= 0.6 is 0 Å². The second kappa shape index (κ2) is 4.68. The van der Waals surface area contributed by atoms with Gasteiger partial charge in [0.15, 0.2) is 0 Å². The van der Waals surface area contributed by atoms with Crippen molar-refractivity contribution in [2.24, 2.45) is 4.99 Å². The summed E-state index contributed by atoms with van der Waals surface area (Å²) >= 11 is 0. The van der Waals surface area contributed by atoms with Gasteiger partial charge in [0.2, 0.25) is 0 Å². The van der Waals surface area contributed by atoms with Crippen molar-refractivity contribution in [2.45, 2.75) is 13.3 Å². The Morgan fingerprint density at radius 1 is 1.70 bits per heavy atom. The van der Waals surface area contributed by atoms with E-state index in [-0.39, 0.29) is 5.71 Å². The quantitative estimate of drug-likeness (QED) is 0.575. The first-order valence-corrected chi connectivity index (χ1v) is 3.15. The van der Waals surface area contributed by atoms with Crippen LogP contribution in [-0.2, 0) is 0 Å². The summed E-state index contributed by atoms with van der Waals surface area (Å²) in [6, 6.07) is 0. The molecular weight excluding hydrogens is 124 g/mol. The minimum atomic E-state index is 0.282. The summed E-state index contributed by atoms with van der Waals surface area (Å²) in [6.07, 6.45) is 4.01. The van der Waals surface area contributed by atoms with Crippen LogP contribution in [0.25, 0.3) is 0 Å². The molecule has 2 nitrogen and oxygen atoms in total. The summed E-state index contributed by atoms with van der Waals surface area (Å²) in [7, 11) is 0. The van der Waals surface area contributed by atoms with Gasteiger partial charge in [-0.05, 0) is 12.5 Å². The summed E-state index contributed by atoms with van der Waals surface area (Å²) in [6.45, 7) is 8.98. The van der Waals surface area contributed by atoms with Crippen LogP contribution in [-0.4, -0.2) is 11.9 Å². The Morgan fingerprint density at radius 2 is 2.30 bits per heavy atom. The summed E-state index contributed by atoms with van der Waals surface area (Å²) in [4.78, 5) is 3.90. The van der Waals surface area contributed by atoms with Crippen LogP contribution < -0.4 is 0 Å². The average Bonchev–Trinajstić information content (AvgIpc) is 1.98. The van der Waals surface area contributed by atoms with Gasteiger partial charge >= 0.3 is 0 Å². The minimum absolute atomic E-state index is 0.282. The third kappa shape index (κ3) is 2.97. The first-order chi connectivity index (χ1) is 4.72. The maximum absolute atomic E-state index is 7.19. The lowest BCUT2D eigenvalue weighted by Gasteiger charge is -1.92. The predicted octanol–water partition coefficient (Wildman–Crippen LogP) is 2.19. The van der Waals surface area contributed by atoms with Crippen molar-refractivity contribution in [3.05, 3.63) is 24.9 Å². The molecule has 0 saturated heterocycles. The van der Waals surface area contributed by atoms with E-state index in [1.807, 2.05) is 6.92 Å². The molecule has 0 unspecified atom stereocenters. The molecular formula is C8H12N2. The first-order valence-electron chi connectivity index (χ1n) is 3.15. The Bertz CT molecular complexity index is 178. The van der Waals surface area contributed by atoms with E-state index < -0.39 is 0 Å². The van der Waals surface area contributed by atoms with Crippen molar-refractivity contribution in [3.8, 4) is 0 Å². The molecule has 0 amide bonds. The Kier molecular flexibility index (Phi) is 4.12. The molecule has 1 N–H and O–H groups in total. The fourth-order valence-corrected chi connectivity index (χ4v) is 0.389. The van der Waals surface area contributed by atoms with Crippen molar-refractivity contribution >= 4 is 11.9 Å². The van der Waals surface area contributed by atoms with E-state index in [1.54, 1.807) is 6.21 Å². The third-order valence-electron chi connectivity index (χ3n) is 0.945. The molecule has 0 rings (SSSR count). The molecule has 54 valence electrons. The maximum atomic E-state index is 7.19. The molecule has 0 atom stereocenters. The van der Waals surface area contributed by atoms with Gasteiger partial charge in [-0.15, -0.1) is 0 Å². The van der Waals surface area contributed by atoms with Gasteiger partial charge in [-0.25, -0.2) is 0 Å². The fourth-order valence-electron chi connectivity index (χ4n) is 0.389. The van der Waals surface area contributed by atoms with Gasteiger partial charge in [0, 0.05) is 6.21 Å². The molecule has 0 bridgehead atoms. The van der Waals surface area contributed by atoms with Gasteiger partial charge in [-0.2, -0.15) is 0 Å². The third-order valence-corrected chi connectivity index (χ3v) is 0.945. The number of rotatable bonds is 4. The highest BCUT2D eigenvalue weighted by atomic mass is 14.7. The van der Waals surface area contributed by atoms with Crippen LogP contribution in [0, 0.1) is 5.41 Å². The van der Waals surface area contributed by atoms with Gasteiger partial charge in [-0.3, -0.25) is 10.4 Å². The Hall–Kier alpha value is -1.18. The van der Waals surface area contributed by atoms with Crippen molar-refractivity contribution < 1.29 is 0 Å². The number of nitrogens with one attached hydrogen (secondary N) is 1. The fraction of sp³-hybridized carbons (Fsp3) is 0.250. The second-order valence-corrected chi connectivity index (χ2v) is 1.78. The van der Waals surface area contributed by atoms with E-state index in [9.17, 15) is 0 Å². The lowest BCUT2D eigenvalue weighted by Crippen LogP contribution is -1.91. The largest absolute Gasteiger partial charge is 0.299 e. The molecule has 0 saturated carbocycles. The zero-order chi connectivity index (χ0) is 7.98. The first kappa shape index (κ1) is 8.82. The number of hydrogen-bond donors (Lipinski definition) is 1. The van der Waals surface area contributed by atoms with Crippen LogP contribution in [0.2, 0.25) is 0 Å². The molecule has 2 heteroatoms. The van der Waals surface area contributed by atoms with Gasteiger partial charge in [-0.1, -0.05) is 20.1 Å². The molecule has 10 heavy (non-hydrogen) atoms. The average molecular weight is 136 g/mol. The summed E-state index contributed by atoms with van der Waals surface area (Å²) in [5.74, 6) is 0. The highest BCUT2D eigenvalue weighted by Crippen LogP contribution is 1.94. The number of hydrogen-bond acceptors (Lipinski definition) is 2. The van der Waals surface area contributed by atoms with Crippen LogP contribution in [0.3, 0.4) is 0 Å². The lowest BCUT2D eigenvalue weighted by molar-refractivity contribution is 1.30. The van der Waals surface area contributed by atoms with Gasteiger partial charge in [0.25, 0.3) is 0 Å². The van der Waals surface area contributed by atoms with Crippen molar-refractivity contribution in [2.75, 3.05) is 0 Å². The normalized spacial score (nSPS) is 9.70. The molecule has 0 aliphatic heterocycles. The topological polar surface area (TPSA) is 36.2 Å². The van der Waals surface area contributed by atoms with E-state index in [0.717, 1.165) is 6.42 Å². The van der Waals surface area contributed by atoms with Crippen molar-refractivity contribution in [1.82, 2.24) is 0 Å². The van der Waals surface area contributed by atoms with E-state index >= 15 is 0 Å². The molecule has 0 fully saturated rings. The number of allylic oxidation sites excluding steroid dienone is 1. The van der Waals surface area contributed by atoms with E-state index in [4.69, 9.17) is 5.41 Å². The smallest absolute Gasteiger partial charge is 0.0803 e. The zero-order valence-electron chi connectivity index (χ0n) is 6.22. The highest BCUT2D eigenvalue weighted by molar-refractivity contribution is 6.05. The maximum Gasteiger partial charge on any atom is 0.0803 e. The SMILES string of the molecule is C=CC(=N)C(=C)/N=C\CC. The van der Waals surface area contributed by atoms with Gasteiger partial charge < -0.3 is 0 Å². The summed E-state index contributed by atoms with van der Waals surface area (Å²) < 4.78 is 0. The lowest BCUT2D eigenvalue weighted by atomic mass is 10.3. The van der Waals surface area contributed by atoms with Crippen LogP contribution in [0.15, 0.2) is 29.9 Å². The van der Waals surface area contributed by atoms with E-state index in [1.165, 1.54) is 6.08 Å². The summed E-state index contributed by atoms with van der Waals surface area (Å²) in [5.41, 5.74) is 0.751. The van der Waals surface area contributed by atoms with E-state index in [2.05, 4.69) is 18.2 Å². The number of aliphatic imine (C=N–C) groups is 1. The van der Waals surface area contributed by atoms with Crippen LogP contribution in [0.5, 0.6) is 0 Å². The molecule has 0 radical (unpaired) electrons. The summed E-state index contributed by atoms with van der Waals surface area (Å²) in [5, 5.41) is 7.19. The Balaban J connectivity index is 3.97. The van der Waals surface area contributed by atoms with E-state index in [0.29, 0.717) is 5.70 Å². The van der Waals surface area contributed by atoms with Crippen molar-refractivity contribution in [3.63, 3.8) is 0 Å². The standard InChI is InChI=1S/C8H12N2/c1-4-6-10-7(3)8(9)5-2/h5-6,9H,2-4H2,1H3/b9-8?,10-6-. The molecule has 0 aliphatic carbocycles. The molecule has 0 aromatic heterocycles. The monoisotopic (exact) mass is 136 g/mol. The molecule has 0 spiro atoms. The predicted molar refractivity (Wildman–Crippen MR) is 45.8 cm³/mol. The van der Waals surface area contributed by atoms with Crippen LogP contribution in [0.4, 0.5) is 0 Å². The van der Waals surface area contributed by atoms with Gasteiger partial charge in [0.1, 0.15) is 0 Å². The zero-order valence-corrected chi connectivity index (χ0v) is 6.22. The molecule has 0 aromatic carbocycles. The van der Waals surface area contributed by atoms with Crippen molar-refractivity contribution in [1.29, 1.82) is 5.41 Å². The second-order valence-electron chi connectivity index (χ2n) is 1.78. The minimum Gasteiger partial charge on any atom is -0.299 e. The highest BCUT2D eigenvalue weighted by Gasteiger charge is 1.91. The molecule has 0 aliphatic rings. The molecule has 0 aromatic rings. The Labute approximate surface area is 61.5 Å². The number of nitrogens with zero attached hydrogens (tertiary/aromatic N) is 1. The van der Waals surface area contributed by atoms with Gasteiger partial charge in [0.05, 0.1) is 11.4 Å². The molecule has 0 heterocycles.